The van der Waals surface area contributed by atoms with Crippen molar-refractivity contribution in [3.63, 3.8) is 0 Å². The van der Waals surface area contributed by atoms with E-state index in [0.29, 0.717) is 0 Å². The molecule has 50 heavy (non-hydrogen) atoms. The molecule has 0 bridgehead atoms. The summed E-state index contributed by atoms with van der Waals surface area (Å²) in [6, 6.07) is 63.1. The number of rotatable bonds is 3. The lowest BCUT2D eigenvalue weighted by Gasteiger charge is -2.18. The van der Waals surface area contributed by atoms with E-state index in [1.165, 1.54) is 106 Å². The van der Waals surface area contributed by atoms with Gasteiger partial charge in [0.2, 0.25) is 0 Å². The van der Waals surface area contributed by atoms with Crippen LogP contribution < -0.4 is 0 Å². The van der Waals surface area contributed by atoms with Crippen LogP contribution in [0.15, 0.2) is 170 Å². The normalized spacial score (nSPS) is 12.0. The molecule has 0 atom stereocenters. The van der Waals surface area contributed by atoms with Gasteiger partial charge in [-0.1, -0.05) is 140 Å². The van der Waals surface area contributed by atoms with Crippen LogP contribution in [0.25, 0.3) is 106 Å². The molecule has 0 nitrogen and oxygen atoms in total. The molecule has 2 heteroatoms. The molecule has 11 aromatic rings. The van der Waals surface area contributed by atoms with Gasteiger partial charge in [-0.05, 0) is 96.0 Å². The first kappa shape index (κ1) is 28.1. The summed E-state index contributed by atoms with van der Waals surface area (Å²) in [6.07, 6.45) is 0. The predicted molar refractivity (Wildman–Crippen MR) is 221 cm³/mol. The molecule has 0 amide bonds. The quantitative estimate of drug-likeness (QED) is 0.164. The third kappa shape index (κ3) is 4.16. The monoisotopic (exact) mass is 668 g/mol. The highest BCUT2D eigenvalue weighted by Gasteiger charge is 2.18. The molecule has 0 aliphatic carbocycles. The number of hydrogen-bond acceptors (Lipinski definition) is 2. The predicted octanol–water partition coefficient (Wildman–Crippen LogP) is 14.9. The minimum Gasteiger partial charge on any atom is -0.135 e. The van der Waals surface area contributed by atoms with E-state index in [-0.39, 0.29) is 0 Å². The zero-order valence-electron chi connectivity index (χ0n) is 27.0. The Labute approximate surface area is 297 Å². The summed E-state index contributed by atoms with van der Waals surface area (Å²) in [5, 5.41) is 13.1. The molecule has 0 radical (unpaired) electrons. The Balaban J connectivity index is 1.10. The molecule has 0 aliphatic rings. The van der Waals surface area contributed by atoms with Crippen molar-refractivity contribution in [1.82, 2.24) is 0 Å². The Hall–Kier alpha value is -5.80. The maximum Gasteiger partial charge on any atom is 0.0448 e. The van der Waals surface area contributed by atoms with E-state index in [2.05, 4.69) is 170 Å². The first-order valence-electron chi connectivity index (χ1n) is 17.1. The lowest BCUT2D eigenvalue weighted by atomic mass is 9.85. The van der Waals surface area contributed by atoms with Crippen LogP contribution in [0.2, 0.25) is 0 Å². The fourth-order valence-electron chi connectivity index (χ4n) is 8.17. The van der Waals surface area contributed by atoms with Crippen LogP contribution in [-0.2, 0) is 0 Å². The van der Waals surface area contributed by atoms with Crippen molar-refractivity contribution in [3.05, 3.63) is 170 Å². The van der Waals surface area contributed by atoms with E-state index in [9.17, 15) is 0 Å². The fourth-order valence-corrected chi connectivity index (χ4v) is 10.7. The molecular formula is C48H28S2. The van der Waals surface area contributed by atoms with E-state index < -0.39 is 0 Å². The van der Waals surface area contributed by atoms with Crippen molar-refractivity contribution >= 4 is 95.3 Å². The molecule has 232 valence electrons. The van der Waals surface area contributed by atoms with Gasteiger partial charge in [-0.25, -0.2) is 0 Å². The molecular weight excluding hydrogens is 641 g/mol. The van der Waals surface area contributed by atoms with Gasteiger partial charge in [-0.15, -0.1) is 22.7 Å². The van der Waals surface area contributed by atoms with Gasteiger partial charge in [0.1, 0.15) is 0 Å². The minimum absolute atomic E-state index is 1.24. The van der Waals surface area contributed by atoms with Gasteiger partial charge in [0.15, 0.2) is 0 Å². The summed E-state index contributed by atoms with van der Waals surface area (Å²) in [6.45, 7) is 0. The van der Waals surface area contributed by atoms with E-state index in [0.717, 1.165) is 0 Å². The Morgan fingerprint density at radius 3 is 1.62 bits per heavy atom. The van der Waals surface area contributed by atoms with Crippen molar-refractivity contribution in [2.45, 2.75) is 0 Å². The lowest BCUT2D eigenvalue weighted by Crippen LogP contribution is -1.91. The standard InChI is InChI=1S/C48H28S2/c1-2-11-30-26-34(21-20-29(30)10-1)46-38-17-5-3-15-36(38)45(37-16-4-6-18-39(37)46)33-13-9-12-31(27-33)32-22-23-41-44(28-32)49-43-25-24-40-35-14-7-8-19-42(35)50-48(40)47(41)43/h1-28H. The van der Waals surface area contributed by atoms with Crippen LogP contribution in [0.1, 0.15) is 0 Å². The average molecular weight is 669 g/mol. The molecule has 2 aromatic heterocycles. The van der Waals surface area contributed by atoms with Crippen LogP contribution in [-0.4, -0.2) is 0 Å². The summed E-state index contributed by atoms with van der Waals surface area (Å²) < 4.78 is 5.45. The van der Waals surface area contributed by atoms with Gasteiger partial charge < -0.3 is 0 Å². The zero-order valence-corrected chi connectivity index (χ0v) is 28.6. The molecule has 0 aliphatic heterocycles. The number of thiophene rings is 2. The highest BCUT2D eigenvalue weighted by molar-refractivity contribution is 7.29. The maximum absolute atomic E-state index is 2.40. The second kappa shape index (κ2) is 10.9. The molecule has 2 heterocycles. The molecule has 9 aromatic carbocycles. The molecule has 11 rings (SSSR count). The van der Waals surface area contributed by atoms with Gasteiger partial charge in [0.25, 0.3) is 0 Å². The van der Waals surface area contributed by atoms with Gasteiger partial charge in [-0.3, -0.25) is 0 Å². The Morgan fingerprint density at radius 2 is 0.860 bits per heavy atom. The van der Waals surface area contributed by atoms with Gasteiger partial charge in [0, 0.05) is 40.3 Å². The summed E-state index contributed by atoms with van der Waals surface area (Å²) in [4.78, 5) is 0. The lowest BCUT2D eigenvalue weighted by molar-refractivity contribution is 1.63. The Kier molecular flexibility index (Phi) is 6.09. The summed E-state index contributed by atoms with van der Waals surface area (Å²) in [5.74, 6) is 0. The largest absolute Gasteiger partial charge is 0.135 e. The third-order valence-electron chi connectivity index (χ3n) is 10.4. The highest BCUT2D eigenvalue weighted by Crippen LogP contribution is 2.47. The smallest absolute Gasteiger partial charge is 0.0448 e. The molecule has 0 unspecified atom stereocenters. The van der Waals surface area contributed by atoms with E-state index in [1.54, 1.807) is 0 Å². The topological polar surface area (TPSA) is 0 Å². The Bertz CT molecular complexity index is 3100. The van der Waals surface area contributed by atoms with Gasteiger partial charge in [-0.2, -0.15) is 0 Å². The minimum atomic E-state index is 1.24. The molecule has 0 N–H and O–H groups in total. The fraction of sp³-hybridized carbons (Fsp3) is 0. The van der Waals surface area contributed by atoms with Gasteiger partial charge >= 0.3 is 0 Å². The average Bonchev–Trinajstić information content (AvgIpc) is 3.75. The van der Waals surface area contributed by atoms with Crippen LogP contribution in [0.3, 0.4) is 0 Å². The van der Waals surface area contributed by atoms with E-state index in [1.807, 2.05) is 22.7 Å². The second-order valence-corrected chi connectivity index (χ2v) is 15.3. The van der Waals surface area contributed by atoms with Crippen molar-refractivity contribution in [2.75, 3.05) is 0 Å². The first-order chi connectivity index (χ1) is 24.8. The van der Waals surface area contributed by atoms with Gasteiger partial charge in [0.05, 0.1) is 0 Å². The van der Waals surface area contributed by atoms with Crippen molar-refractivity contribution in [1.29, 1.82) is 0 Å². The van der Waals surface area contributed by atoms with Crippen LogP contribution in [0.5, 0.6) is 0 Å². The zero-order chi connectivity index (χ0) is 32.8. The summed E-state index contributed by atoms with van der Waals surface area (Å²) in [5.41, 5.74) is 7.56. The van der Waals surface area contributed by atoms with Crippen molar-refractivity contribution in [2.24, 2.45) is 0 Å². The van der Waals surface area contributed by atoms with E-state index >= 15 is 0 Å². The highest BCUT2D eigenvalue weighted by atomic mass is 32.1. The van der Waals surface area contributed by atoms with Crippen LogP contribution in [0, 0.1) is 0 Å². The number of benzene rings is 9. The van der Waals surface area contributed by atoms with E-state index in [4.69, 9.17) is 0 Å². The van der Waals surface area contributed by atoms with Crippen molar-refractivity contribution < 1.29 is 0 Å². The molecule has 0 spiro atoms. The summed E-state index contributed by atoms with van der Waals surface area (Å²) in [7, 11) is 0. The SMILES string of the molecule is c1cc(-c2ccc3c(c2)sc2ccc4c5ccccc5sc4c23)cc(-c2c3ccccc3c(-c3ccc4ccccc4c3)c3ccccc23)c1. The third-order valence-corrected chi connectivity index (χ3v) is 12.8. The molecule has 0 saturated carbocycles. The Morgan fingerprint density at radius 1 is 0.280 bits per heavy atom. The molecule has 0 saturated heterocycles. The maximum atomic E-state index is 2.40. The van der Waals surface area contributed by atoms with Crippen molar-refractivity contribution in [3.8, 4) is 33.4 Å². The number of hydrogen-bond donors (Lipinski definition) is 0. The molecule has 0 fully saturated rings. The second-order valence-electron chi connectivity index (χ2n) is 13.2. The van der Waals surface area contributed by atoms with Crippen LogP contribution >= 0.6 is 22.7 Å². The first-order valence-corrected chi connectivity index (χ1v) is 18.7. The van der Waals surface area contributed by atoms with Crippen LogP contribution in [0.4, 0.5) is 0 Å². The number of fused-ring (bicyclic) bond motifs is 10. The summed E-state index contributed by atoms with van der Waals surface area (Å²) >= 11 is 3.83.